The summed E-state index contributed by atoms with van der Waals surface area (Å²) in [6.45, 7) is 1.69. The van der Waals surface area contributed by atoms with Crippen molar-refractivity contribution in [3.63, 3.8) is 0 Å². The molecule has 1 saturated carbocycles. The molecule has 1 aromatic rings. The van der Waals surface area contributed by atoms with Gasteiger partial charge in [0.15, 0.2) is 0 Å². The highest BCUT2D eigenvalue weighted by Crippen LogP contribution is 2.29. The maximum absolute atomic E-state index is 5.71. The Balaban J connectivity index is 1.64. The molecule has 0 unspecified atom stereocenters. The van der Waals surface area contributed by atoms with E-state index in [0.29, 0.717) is 12.7 Å². The molecule has 1 N–H and O–H groups in total. The number of rotatable bonds is 5. The van der Waals surface area contributed by atoms with Crippen LogP contribution in [-0.2, 0) is 18.4 Å². The summed E-state index contributed by atoms with van der Waals surface area (Å²) in [6.07, 6.45) is 4.65. The SMILES string of the molecule is CNCC1CC(OCc2cn(C)nn2)C1. The van der Waals surface area contributed by atoms with Crippen LogP contribution in [0.3, 0.4) is 0 Å². The topological polar surface area (TPSA) is 52.0 Å². The molecule has 2 rings (SSSR count). The lowest BCUT2D eigenvalue weighted by Crippen LogP contribution is -2.36. The molecule has 1 aliphatic rings. The molecule has 0 aliphatic heterocycles. The first-order chi connectivity index (χ1) is 7.28. The van der Waals surface area contributed by atoms with Gasteiger partial charge in [-0.2, -0.15) is 0 Å². The first-order valence-electron chi connectivity index (χ1n) is 5.39. The molecule has 1 fully saturated rings. The highest BCUT2D eigenvalue weighted by Gasteiger charge is 2.29. The summed E-state index contributed by atoms with van der Waals surface area (Å²) in [5.41, 5.74) is 0.912. The number of hydrogen-bond donors (Lipinski definition) is 1. The van der Waals surface area contributed by atoms with Crippen LogP contribution in [-0.4, -0.2) is 34.7 Å². The molecule has 0 atom stereocenters. The Bertz CT molecular complexity index is 306. The molecule has 1 aromatic heterocycles. The Kier molecular flexibility index (Phi) is 3.33. The van der Waals surface area contributed by atoms with Crippen molar-refractivity contribution in [2.45, 2.75) is 25.6 Å². The fraction of sp³-hybridized carbons (Fsp3) is 0.800. The Morgan fingerprint density at radius 3 is 3.00 bits per heavy atom. The zero-order valence-electron chi connectivity index (χ0n) is 9.31. The van der Waals surface area contributed by atoms with E-state index < -0.39 is 0 Å². The zero-order valence-corrected chi connectivity index (χ0v) is 9.31. The van der Waals surface area contributed by atoms with Crippen molar-refractivity contribution in [2.75, 3.05) is 13.6 Å². The third-order valence-corrected chi connectivity index (χ3v) is 2.80. The van der Waals surface area contributed by atoms with E-state index in [1.54, 1.807) is 4.68 Å². The average molecular weight is 210 g/mol. The van der Waals surface area contributed by atoms with Gasteiger partial charge < -0.3 is 10.1 Å². The van der Waals surface area contributed by atoms with Crippen LogP contribution in [0.25, 0.3) is 0 Å². The van der Waals surface area contributed by atoms with Crippen LogP contribution < -0.4 is 5.32 Å². The number of hydrogen-bond acceptors (Lipinski definition) is 4. The van der Waals surface area contributed by atoms with E-state index in [0.717, 1.165) is 18.2 Å². The number of ether oxygens (including phenoxy) is 1. The summed E-state index contributed by atoms with van der Waals surface area (Å²) in [4.78, 5) is 0. The second kappa shape index (κ2) is 4.72. The number of aromatic nitrogens is 3. The minimum atomic E-state index is 0.422. The lowest BCUT2D eigenvalue weighted by atomic mass is 9.82. The van der Waals surface area contributed by atoms with E-state index in [1.807, 2.05) is 20.3 Å². The van der Waals surface area contributed by atoms with Gasteiger partial charge in [0.25, 0.3) is 0 Å². The molecule has 0 aromatic carbocycles. The quantitative estimate of drug-likeness (QED) is 0.761. The standard InChI is InChI=1S/C10H18N4O/c1-11-5-8-3-10(4-8)15-7-9-6-14(2)13-12-9/h6,8,10-11H,3-5,7H2,1-2H3. The highest BCUT2D eigenvalue weighted by molar-refractivity contribution is 4.90. The van der Waals surface area contributed by atoms with Crippen molar-refractivity contribution >= 4 is 0 Å². The van der Waals surface area contributed by atoms with Crippen LogP contribution in [0.1, 0.15) is 18.5 Å². The Labute approximate surface area is 89.8 Å². The van der Waals surface area contributed by atoms with Gasteiger partial charge in [0, 0.05) is 7.05 Å². The van der Waals surface area contributed by atoms with E-state index in [1.165, 1.54) is 12.8 Å². The summed E-state index contributed by atoms with van der Waals surface area (Å²) >= 11 is 0. The smallest absolute Gasteiger partial charge is 0.108 e. The summed E-state index contributed by atoms with van der Waals surface area (Å²) in [5.74, 6) is 0.793. The van der Waals surface area contributed by atoms with Crippen molar-refractivity contribution < 1.29 is 4.74 Å². The fourth-order valence-corrected chi connectivity index (χ4v) is 1.93. The molecule has 0 bridgehead atoms. The summed E-state index contributed by atoms with van der Waals surface area (Å²) in [6, 6.07) is 0. The molecule has 1 aliphatic carbocycles. The molecular weight excluding hydrogens is 192 g/mol. The van der Waals surface area contributed by atoms with Gasteiger partial charge in [-0.15, -0.1) is 5.10 Å². The minimum Gasteiger partial charge on any atom is -0.372 e. The molecule has 0 spiro atoms. The van der Waals surface area contributed by atoms with Gasteiger partial charge in [-0.1, -0.05) is 5.21 Å². The molecule has 5 nitrogen and oxygen atoms in total. The Morgan fingerprint density at radius 1 is 1.60 bits per heavy atom. The van der Waals surface area contributed by atoms with Crippen LogP contribution >= 0.6 is 0 Å². The van der Waals surface area contributed by atoms with Crippen LogP contribution in [0, 0.1) is 5.92 Å². The molecule has 15 heavy (non-hydrogen) atoms. The molecule has 0 amide bonds. The van der Waals surface area contributed by atoms with Crippen molar-refractivity contribution in [3.8, 4) is 0 Å². The second-order valence-electron chi connectivity index (χ2n) is 4.21. The van der Waals surface area contributed by atoms with Gasteiger partial charge in [-0.25, -0.2) is 0 Å². The Hall–Kier alpha value is -0.940. The van der Waals surface area contributed by atoms with Gasteiger partial charge in [0.05, 0.1) is 18.9 Å². The number of aryl methyl sites for hydroxylation is 1. The fourth-order valence-electron chi connectivity index (χ4n) is 1.93. The van der Waals surface area contributed by atoms with Crippen molar-refractivity contribution in [1.29, 1.82) is 0 Å². The van der Waals surface area contributed by atoms with E-state index in [9.17, 15) is 0 Å². The third kappa shape index (κ3) is 2.76. The van der Waals surface area contributed by atoms with Crippen molar-refractivity contribution in [1.82, 2.24) is 20.3 Å². The molecule has 0 saturated heterocycles. The van der Waals surface area contributed by atoms with Gasteiger partial charge >= 0.3 is 0 Å². The van der Waals surface area contributed by atoms with Crippen LogP contribution in [0.5, 0.6) is 0 Å². The normalized spacial score (nSPS) is 25.2. The van der Waals surface area contributed by atoms with Crippen molar-refractivity contribution in [2.24, 2.45) is 13.0 Å². The predicted octanol–water partition coefficient (Wildman–Crippen LogP) is 0.330. The first kappa shape index (κ1) is 10.6. The van der Waals surface area contributed by atoms with E-state index in [2.05, 4.69) is 15.6 Å². The maximum atomic E-state index is 5.71. The van der Waals surface area contributed by atoms with Gasteiger partial charge in [0.2, 0.25) is 0 Å². The van der Waals surface area contributed by atoms with E-state index >= 15 is 0 Å². The minimum absolute atomic E-state index is 0.422. The summed E-state index contributed by atoms with van der Waals surface area (Å²) in [5, 5.41) is 11.0. The average Bonchev–Trinajstić information content (AvgIpc) is 2.55. The van der Waals surface area contributed by atoms with Crippen molar-refractivity contribution in [3.05, 3.63) is 11.9 Å². The van der Waals surface area contributed by atoms with Crippen LogP contribution in [0.15, 0.2) is 6.20 Å². The largest absolute Gasteiger partial charge is 0.372 e. The zero-order chi connectivity index (χ0) is 10.7. The van der Waals surface area contributed by atoms with Gasteiger partial charge in [0.1, 0.15) is 5.69 Å². The van der Waals surface area contributed by atoms with E-state index in [4.69, 9.17) is 4.74 Å². The van der Waals surface area contributed by atoms with Crippen LogP contribution in [0.2, 0.25) is 0 Å². The van der Waals surface area contributed by atoms with Gasteiger partial charge in [-0.3, -0.25) is 4.68 Å². The lowest BCUT2D eigenvalue weighted by molar-refractivity contribution is -0.0403. The number of nitrogens with one attached hydrogen (secondary N) is 1. The first-order valence-corrected chi connectivity index (χ1v) is 5.39. The van der Waals surface area contributed by atoms with E-state index in [-0.39, 0.29) is 0 Å². The third-order valence-electron chi connectivity index (χ3n) is 2.80. The summed E-state index contributed by atoms with van der Waals surface area (Å²) < 4.78 is 7.41. The Morgan fingerprint density at radius 2 is 2.40 bits per heavy atom. The second-order valence-corrected chi connectivity index (χ2v) is 4.21. The molecule has 84 valence electrons. The lowest BCUT2D eigenvalue weighted by Gasteiger charge is -2.34. The van der Waals surface area contributed by atoms with Gasteiger partial charge in [-0.05, 0) is 32.4 Å². The van der Waals surface area contributed by atoms with Crippen LogP contribution in [0.4, 0.5) is 0 Å². The maximum Gasteiger partial charge on any atom is 0.108 e. The monoisotopic (exact) mass is 210 g/mol. The number of nitrogens with zero attached hydrogens (tertiary/aromatic N) is 3. The molecule has 0 radical (unpaired) electrons. The summed E-state index contributed by atoms with van der Waals surface area (Å²) in [7, 11) is 3.86. The highest BCUT2D eigenvalue weighted by atomic mass is 16.5. The molecule has 1 heterocycles. The predicted molar refractivity (Wildman–Crippen MR) is 56.2 cm³/mol. The molecular formula is C10H18N4O. The molecule has 5 heteroatoms.